The summed E-state index contributed by atoms with van der Waals surface area (Å²) in [4.78, 5) is 30.9. The van der Waals surface area contributed by atoms with Gasteiger partial charge in [0.05, 0.1) is 5.69 Å². The van der Waals surface area contributed by atoms with E-state index < -0.39 is 0 Å². The summed E-state index contributed by atoms with van der Waals surface area (Å²) in [7, 11) is 0. The van der Waals surface area contributed by atoms with Gasteiger partial charge in [-0.25, -0.2) is 4.98 Å². The Hall–Kier alpha value is -3.22. The Balaban J connectivity index is 1.50. The fourth-order valence-electron chi connectivity index (χ4n) is 3.18. The number of hydrogen-bond donors (Lipinski definition) is 0. The number of aromatic nitrogens is 3. The summed E-state index contributed by atoms with van der Waals surface area (Å²) in [5.74, 6) is -0.106. The van der Waals surface area contributed by atoms with Crippen molar-refractivity contribution in [1.82, 2.24) is 19.6 Å². The van der Waals surface area contributed by atoms with Crippen LogP contribution in [0.4, 0.5) is 0 Å². The Labute approximate surface area is 149 Å². The molecular weight excluding hydrogens is 332 g/mol. The van der Waals surface area contributed by atoms with E-state index in [1.54, 1.807) is 11.8 Å². The second-order valence-electron chi connectivity index (χ2n) is 6.31. The van der Waals surface area contributed by atoms with Crippen molar-refractivity contribution >= 4 is 22.6 Å². The van der Waals surface area contributed by atoms with Crippen LogP contribution in [0.3, 0.4) is 0 Å². The Morgan fingerprint density at radius 1 is 1.27 bits per heavy atom. The molecule has 1 aliphatic heterocycles. The minimum absolute atomic E-state index is 0.0408. The Morgan fingerprint density at radius 2 is 2.08 bits per heavy atom. The van der Waals surface area contributed by atoms with Gasteiger partial charge in [-0.3, -0.25) is 14.2 Å². The van der Waals surface area contributed by atoms with Crippen molar-refractivity contribution in [3.05, 3.63) is 64.3 Å². The van der Waals surface area contributed by atoms with Crippen molar-refractivity contribution in [3.63, 3.8) is 0 Å². The highest BCUT2D eigenvalue weighted by Gasteiger charge is 2.20. The van der Waals surface area contributed by atoms with E-state index in [4.69, 9.17) is 4.52 Å². The number of amides is 1. The largest absolute Gasteiger partial charge is 0.337 e. The van der Waals surface area contributed by atoms with E-state index in [2.05, 4.69) is 28.3 Å². The van der Waals surface area contributed by atoms with Crippen LogP contribution in [-0.2, 0) is 11.3 Å². The fourth-order valence-corrected chi connectivity index (χ4v) is 3.18. The molecular formula is C19H18N4O3. The SMILES string of the molecule is Cc1noc2ncn(CC(=O)N3CC=C(c4ccccc4)CC3)c(=O)c12. The lowest BCUT2D eigenvalue weighted by Crippen LogP contribution is -2.39. The maximum Gasteiger partial charge on any atom is 0.267 e. The topological polar surface area (TPSA) is 81.2 Å². The molecule has 7 nitrogen and oxygen atoms in total. The third kappa shape index (κ3) is 2.92. The van der Waals surface area contributed by atoms with Gasteiger partial charge in [0, 0.05) is 13.1 Å². The number of carbonyl (C=O) groups is 1. The predicted molar refractivity (Wildman–Crippen MR) is 96.4 cm³/mol. The Morgan fingerprint density at radius 3 is 2.81 bits per heavy atom. The number of hydrogen-bond acceptors (Lipinski definition) is 5. The van der Waals surface area contributed by atoms with Crippen molar-refractivity contribution in [3.8, 4) is 0 Å². The molecule has 132 valence electrons. The zero-order chi connectivity index (χ0) is 18.1. The normalized spacial score (nSPS) is 14.5. The summed E-state index contributed by atoms with van der Waals surface area (Å²) in [6.45, 7) is 2.82. The second-order valence-corrected chi connectivity index (χ2v) is 6.31. The van der Waals surface area contributed by atoms with Gasteiger partial charge in [-0.1, -0.05) is 41.6 Å². The van der Waals surface area contributed by atoms with E-state index in [0.29, 0.717) is 24.2 Å². The Bertz CT molecular complexity index is 1050. The molecule has 0 fully saturated rings. The molecule has 7 heteroatoms. The summed E-state index contributed by atoms with van der Waals surface area (Å²) in [6, 6.07) is 10.2. The lowest BCUT2D eigenvalue weighted by atomic mass is 9.99. The predicted octanol–water partition coefficient (Wildman–Crippen LogP) is 2.01. The van der Waals surface area contributed by atoms with Gasteiger partial charge in [-0.05, 0) is 24.5 Å². The van der Waals surface area contributed by atoms with Crippen molar-refractivity contribution in [1.29, 1.82) is 0 Å². The number of benzene rings is 1. The first kappa shape index (κ1) is 16.3. The van der Waals surface area contributed by atoms with Crippen molar-refractivity contribution < 1.29 is 9.32 Å². The van der Waals surface area contributed by atoms with Crippen LogP contribution in [0.1, 0.15) is 17.7 Å². The molecule has 0 radical (unpaired) electrons. The van der Waals surface area contributed by atoms with Crippen molar-refractivity contribution in [2.45, 2.75) is 19.9 Å². The van der Waals surface area contributed by atoms with E-state index >= 15 is 0 Å². The van der Waals surface area contributed by atoms with Crippen LogP contribution in [0.5, 0.6) is 0 Å². The molecule has 0 spiro atoms. The molecule has 0 bridgehead atoms. The van der Waals surface area contributed by atoms with Gasteiger partial charge in [-0.15, -0.1) is 0 Å². The minimum Gasteiger partial charge on any atom is -0.337 e. The third-order valence-electron chi connectivity index (χ3n) is 4.65. The zero-order valence-corrected chi connectivity index (χ0v) is 14.4. The summed E-state index contributed by atoms with van der Waals surface area (Å²) in [5.41, 5.74) is 2.81. The summed E-state index contributed by atoms with van der Waals surface area (Å²) < 4.78 is 6.29. The first-order valence-corrected chi connectivity index (χ1v) is 8.47. The number of rotatable bonds is 3. The molecule has 0 aliphatic carbocycles. The molecule has 0 saturated heterocycles. The average Bonchev–Trinajstić information content (AvgIpc) is 3.06. The van der Waals surface area contributed by atoms with Crippen LogP contribution < -0.4 is 5.56 Å². The minimum atomic E-state index is -0.306. The molecule has 1 amide bonds. The van der Waals surface area contributed by atoms with E-state index in [1.807, 2.05) is 18.2 Å². The van der Waals surface area contributed by atoms with Gasteiger partial charge < -0.3 is 9.42 Å². The van der Waals surface area contributed by atoms with Gasteiger partial charge in [0.1, 0.15) is 18.3 Å². The lowest BCUT2D eigenvalue weighted by molar-refractivity contribution is -0.131. The zero-order valence-electron chi connectivity index (χ0n) is 14.4. The number of aryl methyl sites for hydroxylation is 1. The Kier molecular flexibility index (Phi) is 4.12. The maximum atomic E-state index is 12.6. The van der Waals surface area contributed by atoms with Crippen LogP contribution in [0.15, 0.2) is 52.1 Å². The van der Waals surface area contributed by atoms with E-state index in [0.717, 1.165) is 6.42 Å². The highest BCUT2D eigenvalue weighted by molar-refractivity contribution is 5.79. The quantitative estimate of drug-likeness (QED) is 0.722. The molecule has 3 heterocycles. The van der Waals surface area contributed by atoms with Crippen LogP contribution in [-0.4, -0.2) is 38.6 Å². The highest BCUT2D eigenvalue weighted by atomic mass is 16.5. The summed E-state index contributed by atoms with van der Waals surface area (Å²) >= 11 is 0. The first-order chi connectivity index (χ1) is 12.6. The van der Waals surface area contributed by atoms with Gasteiger partial charge >= 0.3 is 0 Å². The molecule has 2 aromatic heterocycles. The van der Waals surface area contributed by atoms with Crippen LogP contribution in [0.25, 0.3) is 16.7 Å². The van der Waals surface area contributed by atoms with E-state index in [-0.39, 0.29) is 23.7 Å². The number of nitrogens with zero attached hydrogens (tertiary/aromatic N) is 4. The summed E-state index contributed by atoms with van der Waals surface area (Å²) in [5, 5.41) is 4.07. The number of fused-ring (bicyclic) bond motifs is 1. The molecule has 4 rings (SSSR count). The number of carbonyl (C=O) groups excluding carboxylic acids is 1. The van der Waals surface area contributed by atoms with Crippen molar-refractivity contribution in [2.24, 2.45) is 0 Å². The molecule has 3 aromatic rings. The van der Waals surface area contributed by atoms with E-state index in [1.165, 1.54) is 22.0 Å². The average molecular weight is 350 g/mol. The molecule has 0 atom stereocenters. The molecule has 0 saturated carbocycles. The molecule has 26 heavy (non-hydrogen) atoms. The molecule has 1 aliphatic rings. The van der Waals surface area contributed by atoms with Crippen LogP contribution in [0, 0.1) is 6.92 Å². The fraction of sp³-hybridized carbons (Fsp3) is 0.263. The van der Waals surface area contributed by atoms with Gasteiger partial charge in [0.25, 0.3) is 11.3 Å². The summed E-state index contributed by atoms with van der Waals surface area (Å²) in [6.07, 6.45) is 4.21. The van der Waals surface area contributed by atoms with E-state index in [9.17, 15) is 9.59 Å². The maximum absolute atomic E-state index is 12.6. The molecule has 1 aromatic carbocycles. The van der Waals surface area contributed by atoms with Crippen molar-refractivity contribution in [2.75, 3.05) is 13.1 Å². The third-order valence-corrected chi connectivity index (χ3v) is 4.65. The highest BCUT2D eigenvalue weighted by Crippen LogP contribution is 2.22. The molecule has 0 N–H and O–H groups in total. The van der Waals surface area contributed by atoms with Gasteiger partial charge in [0.15, 0.2) is 0 Å². The standard InChI is InChI=1S/C19H18N4O3/c1-13-17-18(26-21-13)20-12-23(19(17)25)11-16(24)22-9-7-15(8-10-22)14-5-3-2-4-6-14/h2-7,12H,8-11H2,1H3. The van der Waals surface area contributed by atoms with Crippen LogP contribution >= 0.6 is 0 Å². The lowest BCUT2D eigenvalue weighted by Gasteiger charge is -2.27. The second kappa shape index (κ2) is 6.59. The monoisotopic (exact) mass is 350 g/mol. The smallest absolute Gasteiger partial charge is 0.267 e. The van der Waals surface area contributed by atoms with Gasteiger partial charge in [0.2, 0.25) is 5.91 Å². The van der Waals surface area contributed by atoms with Crippen LogP contribution in [0.2, 0.25) is 0 Å². The van der Waals surface area contributed by atoms with Gasteiger partial charge in [-0.2, -0.15) is 0 Å². The first-order valence-electron chi connectivity index (χ1n) is 8.47. The molecule has 0 unspecified atom stereocenters.